The van der Waals surface area contributed by atoms with E-state index in [1.165, 1.54) is 26.4 Å². The number of esters is 2. The van der Waals surface area contributed by atoms with Gasteiger partial charge in [0.1, 0.15) is 11.2 Å². The predicted octanol–water partition coefficient (Wildman–Crippen LogP) is 11.2. The number of carbonyl (C=O) groups is 4. The Bertz CT molecular complexity index is 2280. The van der Waals surface area contributed by atoms with Gasteiger partial charge in [0.2, 0.25) is 0 Å². The molecule has 0 atom stereocenters. The largest absolute Gasteiger partial charge is 0.478 e. The number of ketones is 1. The summed E-state index contributed by atoms with van der Waals surface area (Å²) in [5, 5.41) is 32.4. The molecule has 0 saturated carbocycles. The number of halogens is 1. The Balaban J connectivity index is 0.000000303. The second kappa shape index (κ2) is 30.1. The molecule has 0 aliphatic heterocycles. The maximum Gasteiger partial charge on any atom is 0.335 e. The van der Waals surface area contributed by atoms with Gasteiger partial charge in [-0.15, -0.1) is 12.4 Å². The topological polar surface area (TPSA) is 173 Å². The molecule has 0 saturated heterocycles. The summed E-state index contributed by atoms with van der Waals surface area (Å²) in [5.41, 5.74) is 7.90. The summed E-state index contributed by atoms with van der Waals surface area (Å²) < 4.78 is 9.13. The van der Waals surface area contributed by atoms with E-state index in [0.717, 1.165) is 92.1 Å². The van der Waals surface area contributed by atoms with E-state index >= 15 is 0 Å². The second-order valence-corrected chi connectivity index (χ2v) is 16.1. The fourth-order valence-corrected chi connectivity index (χ4v) is 7.67. The first-order valence-corrected chi connectivity index (χ1v) is 23.0. The van der Waals surface area contributed by atoms with E-state index < -0.39 is 17.2 Å². The molecule has 11 heteroatoms. The molecule has 5 N–H and O–H groups in total. The van der Waals surface area contributed by atoms with Gasteiger partial charge in [-0.2, -0.15) is 0 Å². The number of aliphatic hydroxyl groups is 2. The molecule has 68 heavy (non-hydrogen) atoms. The van der Waals surface area contributed by atoms with E-state index in [1.54, 1.807) is 12.1 Å². The van der Waals surface area contributed by atoms with Gasteiger partial charge in [-0.3, -0.25) is 14.4 Å². The van der Waals surface area contributed by atoms with Crippen molar-refractivity contribution in [3.8, 4) is 0 Å². The van der Waals surface area contributed by atoms with Crippen molar-refractivity contribution < 1.29 is 44.0 Å². The van der Waals surface area contributed by atoms with Crippen LogP contribution in [0.2, 0.25) is 0 Å². The minimum atomic E-state index is -1.33. The van der Waals surface area contributed by atoms with Crippen LogP contribution in [0.5, 0.6) is 0 Å². The third-order valence-electron chi connectivity index (χ3n) is 11.5. The molecule has 6 aromatic rings. The first-order chi connectivity index (χ1) is 32.5. The summed E-state index contributed by atoms with van der Waals surface area (Å²) in [7, 11) is 2.83. The van der Waals surface area contributed by atoms with Crippen molar-refractivity contribution in [3.05, 3.63) is 214 Å². The SMILES string of the molecule is COC(=O)CCCCCCCC(=O)c1ccc(C(O)(c2ccccc2)c2ccccc2)cc1.COC(=O)CCCCCCN.Cl.O=C(O)c1ccc(C(O)(c2ccccc2)c2ccccc2)cc1. The molecule has 6 aromatic carbocycles. The van der Waals surface area contributed by atoms with E-state index in [-0.39, 0.29) is 35.7 Å². The molecule has 0 heterocycles. The van der Waals surface area contributed by atoms with Gasteiger partial charge in [0.25, 0.3) is 0 Å². The number of Topliss-reactive ketones (excluding diaryl/α,β-unsaturated/α-hetero) is 1. The lowest BCUT2D eigenvalue weighted by Gasteiger charge is -2.30. The highest BCUT2D eigenvalue weighted by Crippen LogP contribution is 2.38. The molecule has 0 aliphatic carbocycles. The van der Waals surface area contributed by atoms with E-state index in [2.05, 4.69) is 9.47 Å². The van der Waals surface area contributed by atoms with Crippen molar-refractivity contribution in [1.82, 2.24) is 0 Å². The van der Waals surface area contributed by atoms with Crippen molar-refractivity contribution in [3.63, 3.8) is 0 Å². The van der Waals surface area contributed by atoms with E-state index in [9.17, 15) is 29.4 Å². The molecule has 0 amide bonds. The van der Waals surface area contributed by atoms with Crippen LogP contribution in [0.3, 0.4) is 0 Å². The number of unbranched alkanes of at least 4 members (excludes halogenated alkanes) is 7. The number of benzene rings is 6. The van der Waals surface area contributed by atoms with Gasteiger partial charge in [0, 0.05) is 24.8 Å². The molecule has 0 spiro atoms. The Kier molecular flexibility index (Phi) is 24.7. The number of nitrogens with two attached hydrogens (primary N) is 1. The average molecular weight is 945 g/mol. The molecule has 0 aromatic heterocycles. The van der Waals surface area contributed by atoms with Crippen molar-refractivity contribution in [1.29, 1.82) is 0 Å². The van der Waals surface area contributed by atoms with E-state index in [1.807, 2.05) is 146 Å². The van der Waals surface area contributed by atoms with Crippen molar-refractivity contribution >= 4 is 36.1 Å². The number of hydrogen-bond donors (Lipinski definition) is 4. The first kappa shape index (κ1) is 55.9. The number of methoxy groups -OCH3 is 2. The number of carbonyl (C=O) groups excluding carboxylic acids is 3. The monoisotopic (exact) mass is 943 g/mol. The molecule has 6 rings (SSSR count). The number of hydrogen-bond acceptors (Lipinski definition) is 9. The standard InChI is InChI=1S/C29H32O4.C20H16O3.C8H17NO2.ClH/c1-33-28(31)18-12-4-2-3-11-17-27(30)23-19-21-26(22-20-23)29(32,24-13-7-5-8-14-24)25-15-9-6-10-16-25;21-19(22)15-11-13-18(14-12-15)20(23,16-7-3-1-4-8-16)17-9-5-2-6-10-17;1-11-8(10)6-4-2-3-5-7-9;/h5-10,13-16,19-22,32H,2-4,11-12,17-18H2,1H3;1-14,23H,(H,21,22);2-7,9H2,1H3;1H. The average Bonchev–Trinajstić information content (AvgIpc) is 3.39. The third-order valence-corrected chi connectivity index (χ3v) is 11.5. The highest BCUT2D eigenvalue weighted by atomic mass is 35.5. The summed E-state index contributed by atoms with van der Waals surface area (Å²) in [6.45, 7) is 0.748. The lowest BCUT2D eigenvalue weighted by molar-refractivity contribution is -0.141. The van der Waals surface area contributed by atoms with Crippen molar-refractivity contribution in [2.75, 3.05) is 20.8 Å². The van der Waals surface area contributed by atoms with Gasteiger partial charge in [-0.05, 0) is 77.7 Å². The van der Waals surface area contributed by atoms with Crippen LogP contribution in [0.15, 0.2) is 170 Å². The Morgan fingerprint density at radius 2 is 0.691 bits per heavy atom. The Morgan fingerprint density at radius 1 is 0.412 bits per heavy atom. The van der Waals surface area contributed by atoms with Gasteiger partial charge in [0.05, 0.1) is 19.8 Å². The second-order valence-electron chi connectivity index (χ2n) is 16.1. The number of rotatable bonds is 22. The Hall–Kier alpha value is -6.43. The summed E-state index contributed by atoms with van der Waals surface area (Å²) in [5.74, 6) is -1.16. The minimum Gasteiger partial charge on any atom is -0.478 e. The molecular weight excluding hydrogens is 878 g/mol. The van der Waals surface area contributed by atoms with E-state index in [0.29, 0.717) is 30.4 Å². The highest BCUT2D eigenvalue weighted by Gasteiger charge is 2.35. The van der Waals surface area contributed by atoms with Crippen LogP contribution in [0.4, 0.5) is 0 Å². The summed E-state index contributed by atoms with van der Waals surface area (Å²) in [6, 6.07) is 51.5. The maximum absolute atomic E-state index is 12.6. The van der Waals surface area contributed by atoms with Crippen LogP contribution >= 0.6 is 12.4 Å². The molecule has 10 nitrogen and oxygen atoms in total. The lowest BCUT2D eigenvalue weighted by atomic mass is 9.80. The van der Waals surface area contributed by atoms with Crippen LogP contribution in [0.1, 0.15) is 131 Å². The normalized spacial score (nSPS) is 10.8. The first-order valence-electron chi connectivity index (χ1n) is 23.0. The zero-order valence-electron chi connectivity index (χ0n) is 39.1. The van der Waals surface area contributed by atoms with Crippen LogP contribution in [-0.2, 0) is 30.3 Å². The lowest BCUT2D eigenvalue weighted by Crippen LogP contribution is -2.28. The van der Waals surface area contributed by atoms with Crippen molar-refractivity contribution in [2.24, 2.45) is 5.73 Å². The van der Waals surface area contributed by atoms with Crippen molar-refractivity contribution in [2.45, 2.75) is 88.3 Å². The molecule has 360 valence electrons. The molecule has 0 aliphatic rings. The Labute approximate surface area is 407 Å². The molecule has 0 radical (unpaired) electrons. The molecule has 0 unspecified atom stereocenters. The molecular formula is C57H66ClNO9. The van der Waals surface area contributed by atoms with Gasteiger partial charge in [-0.1, -0.05) is 190 Å². The van der Waals surface area contributed by atoms with Gasteiger partial charge >= 0.3 is 17.9 Å². The molecule has 0 fully saturated rings. The maximum atomic E-state index is 12.6. The van der Waals surface area contributed by atoms with Gasteiger partial charge in [-0.25, -0.2) is 4.79 Å². The van der Waals surface area contributed by atoms with Crippen LogP contribution in [0.25, 0.3) is 0 Å². The Morgan fingerprint density at radius 3 is 1.00 bits per heavy atom. The highest BCUT2D eigenvalue weighted by molar-refractivity contribution is 5.96. The van der Waals surface area contributed by atoms with Crippen LogP contribution in [-0.4, -0.2) is 59.8 Å². The molecule has 0 bridgehead atoms. The smallest absolute Gasteiger partial charge is 0.335 e. The number of carboxylic acid groups (broad SMARTS) is 1. The van der Waals surface area contributed by atoms with Crippen LogP contribution in [0, 0.1) is 0 Å². The fourth-order valence-electron chi connectivity index (χ4n) is 7.67. The zero-order chi connectivity index (χ0) is 48.3. The third kappa shape index (κ3) is 16.7. The summed E-state index contributed by atoms with van der Waals surface area (Å²) in [6.07, 6.45) is 10.3. The quantitative estimate of drug-likeness (QED) is 0.0222. The van der Waals surface area contributed by atoms with Crippen LogP contribution < -0.4 is 5.73 Å². The summed E-state index contributed by atoms with van der Waals surface area (Å²) >= 11 is 0. The van der Waals surface area contributed by atoms with E-state index in [4.69, 9.17) is 10.8 Å². The predicted molar refractivity (Wildman–Crippen MR) is 270 cm³/mol. The number of ether oxygens (including phenoxy) is 2. The van der Waals surface area contributed by atoms with Gasteiger partial charge in [0.15, 0.2) is 5.78 Å². The minimum absolute atomic E-state index is 0. The zero-order valence-corrected chi connectivity index (χ0v) is 40.0. The number of aromatic carboxylic acids is 1. The number of carboxylic acids is 1. The summed E-state index contributed by atoms with van der Waals surface area (Å²) in [4.78, 5) is 45.4. The fraction of sp³-hybridized carbons (Fsp3) is 0.298. The van der Waals surface area contributed by atoms with Gasteiger partial charge < -0.3 is 30.5 Å².